The summed E-state index contributed by atoms with van der Waals surface area (Å²) in [5.41, 5.74) is 3.65. The summed E-state index contributed by atoms with van der Waals surface area (Å²) in [5, 5.41) is 10.6. The second kappa shape index (κ2) is 9.11. The largest absolute Gasteiger partial charge is 0.417 e. The van der Waals surface area contributed by atoms with E-state index in [1.807, 2.05) is 0 Å². The van der Waals surface area contributed by atoms with Crippen LogP contribution in [0.5, 0.6) is 0 Å². The van der Waals surface area contributed by atoms with Gasteiger partial charge in [0.25, 0.3) is 0 Å². The molecule has 0 aliphatic carbocycles. The Hall–Kier alpha value is -2.15. The average Bonchev–Trinajstić information content (AvgIpc) is 2.54. The highest BCUT2D eigenvalue weighted by molar-refractivity contribution is 5.80. The zero-order chi connectivity index (χ0) is 22.6. The Morgan fingerprint density at radius 1 is 1.21 bits per heavy atom. The van der Waals surface area contributed by atoms with Gasteiger partial charge in [0.15, 0.2) is 5.60 Å². The normalized spacial score (nSPS) is 15.8. The quantitative estimate of drug-likeness (QED) is 0.341. The molecule has 3 N–H and O–H groups in total. The topological polar surface area (TPSA) is 58.6 Å². The number of aryl methyl sites for hydroxylation is 1. The monoisotopic (exact) mass is 414 g/mol. The number of allylic oxidation sites excluding steroid dienone is 2. The highest BCUT2D eigenvalue weighted by Gasteiger charge is 2.56. The van der Waals surface area contributed by atoms with Crippen LogP contribution in [0.4, 0.5) is 17.6 Å². The van der Waals surface area contributed by atoms with Gasteiger partial charge in [0.1, 0.15) is 5.82 Å². The van der Waals surface area contributed by atoms with Crippen LogP contribution in [-0.4, -0.2) is 22.6 Å². The minimum absolute atomic E-state index is 0.144. The Labute approximate surface area is 170 Å². The van der Waals surface area contributed by atoms with E-state index < -0.39 is 35.9 Å². The van der Waals surface area contributed by atoms with Crippen molar-refractivity contribution >= 4 is 5.71 Å². The molecule has 0 bridgehead atoms. The van der Waals surface area contributed by atoms with Crippen molar-refractivity contribution in [2.75, 3.05) is 0 Å². The van der Waals surface area contributed by atoms with Crippen molar-refractivity contribution in [2.24, 2.45) is 10.7 Å². The van der Waals surface area contributed by atoms with Crippen molar-refractivity contribution in [3.05, 3.63) is 58.7 Å². The average molecular weight is 414 g/mol. The molecule has 0 aliphatic heterocycles. The van der Waals surface area contributed by atoms with Crippen LogP contribution in [0, 0.1) is 12.7 Å². The van der Waals surface area contributed by atoms with Gasteiger partial charge in [0, 0.05) is 17.8 Å². The van der Waals surface area contributed by atoms with E-state index in [0.717, 1.165) is 5.71 Å². The number of benzene rings is 1. The minimum atomic E-state index is -4.93. The Kier molecular flexibility index (Phi) is 7.82. The van der Waals surface area contributed by atoms with Crippen molar-refractivity contribution in [1.29, 1.82) is 0 Å². The molecular weight excluding hydrogens is 384 g/mol. The summed E-state index contributed by atoms with van der Waals surface area (Å²) in [6.45, 7) is 9.99. The van der Waals surface area contributed by atoms with Gasteiger partial charge < -0.3 is 10.8 Å². The molecule has 0 heterocycles. The van der Waals surface area contributed by atoms with E-state index in [1.54, 1.807) is 47.6 Å². The summed E-state index contributed by atoms with van der Waals surface area (Å²) in [5.74, 6) is -0.542. The molecule has 3 nitrogen and oxygen atoms in total. The lowest BCUT2D eigenvalue weighted by Crippen LogP contribution is -2.50. The number of hydrogen-bond acceptors (Lipinski definition) is 3. The van der Waals surface area contributed by atoms with Gasteiger partial charge in [0.2, 0.25) is 0 Å². The molecule has 0 saturated carbocycles. The number of halogens is 4. The maximum absolute atomic E-state index is 13.9. The van der Waals surface area contributed by atoms with Gasteiger partial charge >= 0.3 is 6.18 Å². The highest BCUT2D eigenvalue weighted by atomic mass is 19.4. The van der Waals surface area contributed by atoms with Crippen molar-refractivity contribution in [1.82, 2.24) is 0 Å². The van der Waals surface area contributed by atoms with Gasteiger partial charge in [-0.3, -0.25) is 4.99 Å². The molecule has 0 spiro atoms. The third kappa shape index (κ3) is 6.70. The third-order valence-corrected chi connectivity index (χ3v) is 4.67. The summed E-state index contributed by atoms with van der Waals surface area (Å²) in [7, 11) is 0. The molecule has 0 aromatic heterocycles. The fourth-order valence-electron chi connectivity index (χ4n) is 3.43. The van der Waals surface area contributed by atoms with Crippen LogP contribution in [0.15, 0.2) is 46.7 Å². The third-order valence-electron chi connectivity index (χ3n) is 4.67. The fourth-order valence-corrected chi connectivity index (χ4v) is 3.43. The zero-order valence-electron chi connectivity index (χ0n) is 17.8. The minimum Gasteiger partial charge on any atom is -0.402 e. The summed E-state index contributed by atoms with van der Waals surface area (Å²) in [4.78, 5) is 4.19. The molecule has 29 heavy (non-hydrogen) atoms. The van der Waals surface area contributed by atoms with E-state index in [1.165, 1.54) is 24.3 Å². The number of nitrogens with zero attached hydrogens (tertiary/aromatic N) is 1. The van der Waals surface area contributed by atoms with E-state index in [9.17, 15) is 22.7 Å². The molecule has 7 heteroatoms. The van der Waals surface area contributed by atoms with E-state index in [-0.39, 0.29) is 5.70 Å². The van der Waals surface area contributed by atoms with Crippen LogP contribution >= 0.6 is 0 Å². The molecule has 0 fully saturated rings. The van der Waals surface area contributed by atoms with Gasteiger partial charge in [-0.1, -0.05) is 26.0 Å². The molecule has 1 aromatic carbocycles. The SMILES string of the molecule is C/C=C(/C=C(\N)CC(O)(CC(C)(C)c1cc(F)ccc1C)C(F)(F)F)N=C(C)C. The molecule has 1 atom stereocenters. The lowest BCUT2D eigenvalue weighted by molar-refractivity contribution is -0.266. The summed E-state index contributed by atoms with van der Waals surface area (Å²) >= 11 is 0. The lowest BCUT2D eigenvalue weighted by atomic mass is 9.72. The van der Waals surface area contributed by atoms with E-state index in [2.05, 4.69) is 4.99 Å². The van der Waals surface area contributed by atoms with Gasteiger partial charge in [-0.05, 0) is 68.9 Å². The maximum atomic E-state index is 13.9. The predicted octanol–water partition coefficient (Wildman–Crippen LogP) is 5.71. The molecule has 1 aromatic rings. The molecule has 0 aliphatic rings. The van der Waals surface area contributed by atoms with Gasteiger partial charge in [-0.2, -0.15) is 13.2 Å². The smallest absolute Gasteiger partial charge is 0.402 e. The molecule has 0 saturated heterocycles. The summed E-state index contributed by atoms with van der Waals surface area (Å²) in [6.07, 6.45) is -3.48. The first kappa shape index (κ1) is 24.9. The predicted molar refractivity (Wildman–Crippen MR) is 109 cm³/mol. The maximum Gasteiger partial charge on any atom is 0.417 e. The van der Waals surface area contributed by atoms with Crippen LogP contribution < -0.4 is 5.73 Å². The Morgan fingerprint density at radius 2 is 1.79 bits per heavy atom. The summed E-state index contributed by atoms with van der Waals surface area (Å²) < 4.78 is 55.3. The van der Waals surface area contributed by atoms with Gasteiger partial charge in [0.05, 0.1) is 5.70 Å². The number of nitrogens with two attached hydrogens (primary N) is 1. The molecule has 1 rings (SSSR count). The summed E-state index contributed by atoms with van der Waals surface area (Å²) in [6, 6.07) is 3.97. The number of aliphatic hydroxyl groups is 1. The number of aliphatic imine (C=N–C) groups is 1. The number of rotatable bonds is 7. The van der Waals surface area contributed by atoms with Crippen molar-refractivity contribution in [3.63, 3.8) is 0 Å². The van der Waals surface area contributed by atoms with Crippen LogP contribution in [0.1, 0.15) is 58.6 Å². The first-order chi connectivity index (χ1) is 13.1. The number of hydrogen-bond donors (Lipinski definition) is 2. The molecular formula is C22H30F4N2O. The van der Waals surface area contributed by atoms with Crippen molar-refractivity contribution in [3.8, 4) is 0 Å². The zero-order valence-corrected chi connectivity index (χ0v) is 17.8. The molecule has 162 valence electrons. The van der Waals surface area contributed by atoms with Crippen LogP contribution in [0.25, 0.3) is 0 Å². The second-order valence-corrected chi connectivity index (χ2v) is 8.22. The molecule has 1 unspecified atom stereocenters. The highest BCUT2D eigenvalue weighted by Crippen LogP contribution is 2.44. The van der Waals surface area contributed by atoms with E-state index in [0.29, 0.717) is 16.8 Å². The molecule has 0 amide bonds. The van der Waals surface area contributed by atoms with Crippen molar-refractivity contribution < 1.29 is 22.7 Å². The van der Waals surface area contributed by atoms with E-state index >= 15 is 0 Å². The van der Waals surface area contributed by atoms with Crippen LogP contribution in [0.2, 0.25) is 0 Å². The standard InChI is InChI=1S/C22H30F4N2O/c1-7-18(28-14(2)3)11-17(27)12-21(29,22(24,25)26)13-20(5,6)19-10-16(23)9-8-15(19)4/h7-11,29H,12-13,27H2,1-6H3/b17-11-,18-7-. The van der Waals surface area contributed by atoms with Crippen LogP contribution in [-0.2, 0) is 5.41 Å². The fraction of sp³-hybridized carbons (Fsp3) is 0.500. The first-order valence-corrected chi connectivity index (χ1v) is 9.31. The first-order valence-electron chi connectivity index (χ1n) is 9.31. The van der Waals surface area contributed by atoms with Gasteiger partial charge in [-0.25, -0.2) is 4.39 Å². The van der Waals surface area contributed by atoms with E-state index in [4.69, 9.17) is 5.73 Å². The van der Waals surface area contributed by atoms with Gasteiger partial charge in [-0.15, -0.1) is 0 Å². The van der Waals surface area contributed by atoms with Crippen LogP contribution in [0.3, 0.4) is 0 Å². The Balaban J connectivity index is 3.32. The Bertz CT molecular complexity index is 819. The Morgan fingerprint density at radius 3 is 2.28 bits per heavy atom. The van der Waals surface area contributed by atoms with Crippen molar-refractivity contribution in [2.45, 2.75) is 71.6 Å². The number of alkyl halides is 3. The lowest BCUT2D eigenvalue weighted by Gasteiger charge is -2.38. The molecule has 0 radical (unpaired) electrons. The second-order valence-electron chi connectivity index (χ2n) is 8.22.